The molecule has 0 radical (unpaired) electrons. The Morgan fingerprint density at radius 2 is 1.88 bits per heavy atom. The maximum Gasteiger partial charge on any atom is 0.150 e. The van der Waals surface area contributed by atoms with Crippen LogP contribution in [0.1, 0.15) is 17.4 Å². The van der Waals surface area contributed by atoms with Crippen molar-refractivity contribution in [2.24, 2.45) is 0 Å². The number of para-hydroxylation sites is 1. The van der Waals surface area contributed by atoms with Gasteiger partial charge in [0.15, 0.2) is 0 Å². The molecule has 4 rings (SSSR count). The lowest BCUT2D eigenvalue weighted by atomic mass is 10.1. The zero-order valence-corrected chi connectivity index (χ0v) is 14.5. The summed E-state index contributed by atoms with van der Waals surface area (Å²) >= 11 is 0. The highest BCUT2D eigenvalue weighted by atomic mass is 16.5. The molecule has 1 unspecified atom stereocenters. The number of benzene rings is 1. The van der Waals surface area contributed by atoms with Gasteiger partial charge in [-0.05, 0) is 35.9 Å². The second kappa shape index (κ2) is 8.03. The van der Waals surface area contributed by atoms with Crippen LogP contribution in [0.4, 0.5) is 11.5 Å². The first-order valence-electron chi connectivity index (χ1n) is 8.74. The van der Waals surface area contributed by atoms with E-state index in [-0.39, 0.29) is 6.04 Å². The zero-order valence-electron chi connectivity index (χ0n) is 14.5. The van der Waals surface area contributed by atoms with Gasteiger partial charge in [-0.25, -0.2) is 9.97 Å². The van der Waals surface area contributed by atoms with Gasteiger partial charge in [-0.2, -0.15) is 0 Å². The summed E-state index contributed by atoms with van der Waals surface area (Å²) in [6.45, 7) is 3.01. The monoisotopic (exact) mass is 347 g/mol. The quantitative estimate of drug-likeness (QED) is 0.765. The lowest BCUT2D eigenvalue weighted by Crippen LogP contribution is -2.39. The van der Waals surface area contributed by atoms with Gasteiger partial charge in [0.25, 0.3) is 0 Å². The van der Waals surface area contributed by atoms with Crippen LogP contribution >= 0.6 is 0 Å². The number of pyridine rings is 1. The summed E-state index contributed by atoms with van der Waals surface area (Å²) in [6.07, 6.45) is 5.45. The van der Waals surface area contributed by atoms with Crippen molar-refractivity contribution in [1.82, 2.24) is 19.9 Å². The van der Waals surface area contributed by atoms with E-state index >= 15 is 0 Å². The van der Waals surface area contributed by atoms with E-state index in [1.54, 1.807) is 6.20 Å². The van der Waals surface area contributed by atoms with Crippen LogP contribution in [0.15, 0.2) is 67.1 Å². The van der Waals surface area contributed by atoms with E-state index in [1.165, 1.54) is 5.56 Å². The Labute approximate surface area is 152 Å². The number of nitrogens with one attached hydrogen (secondary N) is 1. The molecule has 6 heteroatoms. The number of rotatable bonds is 5. The van der Waals surface area contributed by atoms with E-state index in [1.807, 2.05) is 60.9 Å². The molecule has 1 N–H and O–H groups in total. The number of aromatic nitrogens is 3. The highest BCUT2D eigenvalue weighted by Crippen LogP contribution is 2.24. The normalized spacial score (nSPS) is 17.8. The third-order valence-corrected chi connectivity index (χ3v) is 4.39. The second-order valence-electron chi connectivity index (χ2n) is 6.21. The summed E-state index contributed by atoms with van der Waals surface area (Å²) in [5, 5.41) is 3.33. The smallest absolute Gasteiger partial charge is 0.150 e. The number of hydrogen-bond acceptors (Lipinski definition) is 6. The molecule has 1 atom stereocenters. The predicted molar refractivity (Wildman–Crippen MR) is 100.0 cm³/mol. The number of morpholine rings is 1. The van der Waals surface area contributed by atoms with E-state index in [4.69, 9.17) is 9.72 Å². The molecule has 0 saturated carbocycles. The second-order valence-corrected chi connectivity index (χ2v) is 6.21. The van der Waals surface area contributed by atoms with Crippen LogP contribution in [0, 0.1) is 0 Å². The van der Waals surface area contributed by atoms with Crippen LogP contribution in [0.2, 0.25) is 0 Å². The van der Waals surface area contributed by atoms with Crippen LogP contribution in [-0.2, 0) is 11.3 Å². The van der Waals surface area contributed by atoms with Crippen molar-refractivity contribution in [3.63, 3.8) is 0 Å². The molecule has 0 amide bonds. The average Bonchev–Trinajstić information content (AvgIpc) is 2.70. The molecule has 0 aliphatic carbocycles. The van der Waals surface area contributed by atoms with Gasteiger partial charge in [-0.3, -0.25) is 9.88 Å². The van der Waals surface area contributed by atoms with Gasteiger partial charge in [0.05, 0.1) is 19.3 Å². The molecule has 132 valence electrons. The number of ether oxygens (including phenoxy) is 1. The summed E-state index contributed by atoms with van der Waals surface area (Å²) in [6, 6.07) is 16.0. The molecule has 0 bridgehead atoms. The minimum absolute atomic E-state index is 0.0365. The largest absolute Gasteiger partial charge is 0.378 e. The van der Waals surface area contributed by atoms with E-state index in [9.17, 15) is 0 Å². The Kier molecular flexibility index (Phi) is 5.14. The van der Waals surface area contributed by atoms with E-state index in [2.05, 4.69) is 20.2 Å². The van der Waals surface area contributed by atoms with Gasteiger partial charge < -0.3 is 10.1 Å². The van der Waals surface area contributed by atoms with Crippen LogP contribution in [0.3, 0.4) is 0 Å². The molecular formula is C20H21N5O. The summed E-state index contributed by atoms with van der Waals surface area (Å²) < 4.78 is 5.71. The van der Waals surface area contributed by atoms with E-state index in [0.29, 0.717) is 6.61 Å². The fourth-order valence-electron chi connectivity index (χ4n) is 3.06. The predicted octanol–water partition coefficient (Wildman–Crippen LogP) is 3.19. The topological polar surface area (TPSA) is 63.2 Å². The zero-order chi connectivity index (χ0) is 17.6. The first-order valence-corrected chi connectivity index (χ1v) is 8.74. The molecular weight excluding hydrogens is 326 g/mol. The van der Waals surface area contributed by atoms with Gasteiger partial charge in [0.2, 0.25) is 0 Å². The van der Waals surface area contributed by atoms with Crippen molar-refractivity contribution in [2.75, 3.05) is 25.1 Å². The van der Waals surface area contributed by atoms with Gasteiger partial charge in [-0.1, -0.05) is 18.2 Å². The molecule has 1 aromatic carbocycles. The molecule has 3 aromatic rings. The van der Waals surface area contributed by atoms with Crippen molar-refractivity contribution < 1.29 is 4.74 Å². The highest BCUT2D eigenvalue weighted by Gasteiger charge is 2.27. The lowest BCUT2D eigenvalue weighted by molar-refractivity contribution is -0.0159. The third kappa shape index (κ3) is 4.04. The Morgan fingerprint density at radius 3 is 2.73 bits per heavy atom. The maximum absolute atomic E-state index is 5.71. The Bertz CT molecular complexity index is 828. The van der Waals surface area contributed by atoms with Crippen molar-refractivity contribution >= 4 is 11.5 Å². The molecule has 6 nitrogen and oxygen atoms in total. The molecule has 1 aliphatic heterocycles. The van der Waals surface area contributed by atoms with Crippen LogP contribution in [0.25, 0.3) is 0 Å². The Balaban J connectivity index is 1.53. The van der Waals surface area contributed by atoms with E-state index in [0.717, 1.165) is 37.0 Å². The fraction of sp³-hybridized carbons (Fsp3) is 0.250. The van der Waals surface area contributed by atoms with Crippen LogP contribution < -0.4 is 5.32 Å². The van der Waals surface area contributed by atoms with Gasteiger partial charge in [0.1, 0.15) is 11.6 Å². The Hall–Kier alpha value is -2.83. The van der Waals surface area contributed by atoms with Crippen LogP contribution in [-0.4, -0.2) is 39.6 Å². The molecule has 3 heterocycles. The van der Waals surface area contributed by atoms with Gasteiger partial charge in [0, 0.05) is 37.4 Å². The van der Waals surface area contributed by atoms with Crippen molar-refractivity contribution in [3.05, 3.63) is 78.5 Å². The first-order chi connectivity index (χ1) is 12.9. The SMILES string of the molecule is c1ccc(Nc2ccnc(C3COCCN3Cc3ccncc3)n2)cc1. The highest BCUT2D eigenvalue weighted by molar-refractivity contribution is 5.55. The van der Waals surface area contributed by atoms with Crippen molar-refractivity contribution in [1.29, 1.82) is 0 Å². The van der Waals surface area contributed by atoms with E-state index < -0.39 is 0 Å². The molecule has 0 spiro atoms. The molecule has 1 fully saturated rings. The average molecular weight is 347 g/mol. The minimum Gasteiger partial charge on any atom is -0.378 e. The summed E-state index contributed by atoms with van der Waals surface area (Å²) in [5.41, 5.74) is 2.23. The molecule has 1 aliphatic rings. The van der Waals surface area contributed by atoms with Crippen LogP contribution in [0.5, 0.6) is 0 Å². The maximum atomic E-state index is 5.71. The van der Waals surface area contributed by atoms with Gasteiger partial charge >= 0.3 is 0 Å². The number of anilines is 2. The van der Waals surface area contributed by atoms with Crippen molar-refractivity contribution in [2.45, 2.75) is 12.6 Å². The Morgan fingerprint density at radius 1 is 1.04 bits per heavy atom. The summed E-state index contributed by atoms with van der Waals surface area (Å²) in [7, 11) is 0. The standard InChI is InChI=1S/C20H21N5O/c1-2-4-17(5-3-1)23-19-8-11-22-20(24-19)18-15-26-13-12-25(18)14-16-6-9-21-10-7-16/h1-11,18H,12-15H2,(H,22,23,24). The minimum atomic E-state index is 0.0365. The molecule has 1 saturated heterocycles. The molecule has 2 aromatic heterocycles. The number of hydrogen-bond donors (Lipinski definition) is 1. The lowest BCUT2D eigenvalue weighted by Gasteiger charge is -2.34. The first kappa shape index (κ1) is 16.6. The third-order valence-electron chi connectivity index (χ3n) is 4.39. The van der Waals surface area contributed by atoms with Crippen molar-refractivity contribution in [3.8, 4) is 0 Å². The number of nitrogens with zero attached hydrogens (tertiary/aromatic N) is 4. The fourth-order valence-corrected chi connectivity index (χ4v) is 3.06. The summed E-state index contributed by atoms with van der Waals surface area (Å²) in [4.78, 5) is 15.7. The summed E-state index contributed by atoms with van der Waals surface area (Å²) in [5.74, 6) is 1.57. The van der Waals surface area contributed by atoms with Gasteiger partial charge in [-0.15, -0.1) is 0 Å². The molecule has 26 heavy (non-hydrogen) atoms.